The smallest absolute Gasteiger partial charge is 0.156 e. The molecule has 1 aromatic heterocycles. The van der Waals surface area contributed by atoms with Crippen LogP contribution >= 0.6 is 0 Å². The van der Waals surface area contributed by atoms with Crippen molar-refractivity contribution in [2.75, 3.05) is 7.11 Å². The molecule has 0 radical (unpaired) electrons. The first-order valence-corrected chi connectivity index (χ1v) is 12.3. The van der Waals surface area contributed by atoms with E-state index in [1.165, 1.54) is 5.56 Å². The summed E-state index contributed by atoms with van der Waals surface area (Å²) in [7, 11) is 1.64. The summed E-state index contributed by atoms with van der Waals surface area (Å²) in [5.74, 6) is 1.16. The van der Waals surface area contributed by atoms with Gasteiger partial charge in [0.15, 0.2) is 5.82 Å². The molecule has 0 atom stereocenters. The summed E-state index contributed by atoms with van der Waals surface area (Å²) in [4.78, 5) is 0. The van der Waals surface area contributed by atoms with E-state index in [0.29, 0.717) is 30.0 Å². The number of halogens is 1. The Morgan fingerprint density at radius 2 is 1.50 bits per heavy atom. The quantitative estimate of drug-likeness (QED) is 0.225. The zero-order valence-corrected chi connectivity index (χ0v) is 20.9. The van der Waals surface area contributed by atoms with Crippen LogP contribution in [0.15, 0.2) is 91.0 Å². The molecule has 0 saturated heterocycles. The third kappa shape index (κ3) is 4.72. The minimum Gasteiger partial charge on any atom is -0.497 e. The van der Waals surface area contributed by atoms with Crippen molar-refractivity contribution in [1.29, 1.82) is 0 Å². The number of rotatable bonds is 8. The molecule has 36 heavy (non-hydrogen) atoms. The highest BCUT2D eigenvalue weighted by Gasteiger charge is 2.21. The Bertz CT molecular complexity index is 1490. The van der Waals surface area contributed by atoms with Gasteiger partial charge in [-0.15, -0.1) is 0 Å². The summed E-state index contributed by atoms with van der Waals surface area (Å²) in [6.45, 7) is 5.13. The SMILES string of the molecule is CCc1ccc(Cn2c(-c3ccc(OC)cc3C)c(F)c3cc(OCc4ccccc4)ccc32)cc1. The zero-order chi connectivity index (χ0) is 25.1. The average Bonchev–Trinajstić information content (AvgIpc) is 3.18. The van der Waals surface area contributed by atoms with Gasteiger partial charge in [0.1, 0.15) is 18.1 Å². The van der Waals surface area contributed by atoms with Crippen LogP contribution < -0.4 is 9.47 Å². The Labute approximate surface area is 211 Å². The maximum Gasteiger partial charge on any atom is 0.156 e. The number of ether oxygens (including phenoxy) is 2. The molecule has 0 unspecified atom stereocenters. The van der Waals surface area contributed by atoms with Gasteiger partial charge in [-0.05, 0) is 72.0 Å². The van der Waals surface area contributed by atoms with Gasteiger partial charge in [-0.3, -0.25) is 0 Å². The lowest BCUT2D eigenvalue weighted by molar-refractivity contribution is 0.306. The van der Waals surface area contributed by atoms with Crippen molar-refractivity contribution < 1.29 is 13.9 Å². The molecule has 0 N–H and O–H groups in total. The number of fused-ring (bicyclic) bond motifs is 1. The van der Waals surface area contributed by atoms with Gasteiger partial charge in [-0.2, -0.15) is 0 Å². The Morgan fingerprint density at radius 1 is 0.778 bits per heavy atom. The van der Waals surface area contributed by atoms with Crippen LogP contribution in [0.5, 0.6) is 11.5 Å². The highest BCUT2D eigenvalue weighted by Crippen LogP contribution is 2.37. The summed E-state index contributed by atoms with van der Waals surface area (Å²) in [6.07, 6.45) is 0.989. The van der Waals surface area contributed by atoms with Gasteiger partial charge >= 0.3 is 0 Å². The van der Waals surface area contributed by atoms with Crippen LogP contribution in [-0.4, -0.2) is 11.7 Å². The first kappa shape index (κ1) is 23.7. The molecular weight excluding hydrogens is 449 g/mol. The fourth-order valence-electron chi connectivity index (χ4n) is 4.64. The van der Waals surface area contributed by atoms with Gasteiger partial charge in [0.25, 0.3) is 0 Å². The first-order chi connectivity index (χ1) is 17.6. The van der Waals surface area contributed by atoms with Crippen molar-refractivity contribution in [2.24, 2.45) is 0 Å². The third-order valence-electron chi connectivity index (χ3n) is 6.68. The number of nitrogens with zero attached hydrogens (tertiary/aromatic N) is 1. The molecule has 0 bridgehead atoms. The monoisotopic (exact) mass is 479 g/mol. The molecule has 4 aromatic carbocycles. The highest BCUT2D eigenvalue weighted by atomic mass is 19.1. The van der Waals surface area contributed by atoms with Crippen molar-refractivity contribution in [3.05, 3.63) is 119 Å². The van der Waals surface area contributed by atoms with E-state index in [1.807, 2.05) is 73.7 Å². The van der Waals surface area contributed by atoms with Crippen molar-refractivity contribution in [3.63, 3.8) is 0 Å². The van der Waals surface area contributed by atoms with Crippen molar-refractivity contribution >= 4 is 10.9 Å². The van der Waals surface area contributed by atoms with Gasteiger partial charge in [-0.1, -0.05) is 61.5 Å². The van der Waals surface area contributed by atoms with Crippen molar-refractivity contribution in [3.8, 4) is 22.8 Å². The Hall–Kier alpha value is -4.05. The largest absolute Gasteiger partial charge is 0.497 e. The molecule has 5 rings (SSSR count). The van der Waals surface area contributed by atoms with E-state index in [1.54, 1.807) is 7.11 Å². The molecule has 1 heterocycles. The second kappa shape index (κ2) is 10.3. The predicted molar refractivity (Wildman–Crippen MR) is 144 cm³/mol. The topological polar surface area (TPSA) is 23.4 Å². The second-order valence-corrected chi connectivity index (χ2v) is 9.05. The standard InChI is InChI=1S/C32H30FNO2/c1-4-23-10-12-24(13-11-23)20-34-30-17-15-27(36-21-25-8-6-5-7-9-25)19-29(30)31(33)32(34)28-16-14-26(35-3)18-22(28)2/h5-19H,4,20-21H2,1-3H3. The van der Waals surface area contributed by atoms with Crippen LogP contribution in [0.2, 0.25) is 0 Å². The molecule has 0 aliphatic rings. The van der Waals surface area contributed by atoms with E-state index >= 15 is 4.39 Å². The van der Waals surface area contributed by atoms with Crippen molar-refractivity contribution in [2.45, 2.75) is 33.4 Å². The van der Waals surface area contributed by atoms with Crippen LogP contribution in [0, 0.1) is 12.7 Å². The molecule has 0 fully saturated rings. The van der Waals surface area contributed by atoms with Crippen LogP contribution in [0.3, 0.4) is 0 Å². The number of aryl methyl sites for hydroxylation is 2. The summed E-state index contributed by atoms with van der Waals surface area (Å²) >= 11 is 0. The molecule has 5 aromatic rings. The van der Waals surface area contributed by atoms with Gasteiger partial charge in [0.05, 0.1) is 18.3 Å². The first-order valence-electron chi connectivity index (χ1n) is 12.3. The molecule has 0 aliphatic carbocycles. The number of hydrogen-bond acceptors (Lipinski definition) is 2. The summed E-state index contributed by atoms with van der Waals surface area (Å²) < 4.78 is 29.7. The van der Waals surface area contributed by atoms with E-state index in [2.05, 4.69) is 35.8 Å². The molecule has 0 spiro atoms. The lowest BCUT2D eigenvalue weighted by atomic mass is 10.0. The fraction of sp³-hybridized carbons (Fsp3) is 0.188. The lowest BCUT2D eigenvalue weighted by Gasteiger charge is -2.14. The van der Waals surface area contributed by atoms with E-state index in [0.717, 1.165) is 39.9 Å². The minimum atomic E-state index is -0.242. The molecular formula is C32H30FNO2. The molecule has 3 nitrogen and oxygen atoms in total. The molecule has 0 saturated carbocycles. The van der Waals surface area contributed by atoms with Crippen molar-refractivity contribution in [1.82, 2.24) is 4.57 Å². The summed E-state index contributed by atoms with van der Waals surface area (Å²) in [5.41, 5.74) is 6.70. The van der Waals surface area contributed by atoms with E-state index in [-0.39, 0.29) is 5.82 Å². The number of aromatic nitrogens is 1. The third-order valence-corrected chi connectivity index (χ3v) is 6.68. The van der Waals surface area contributed by atoms with Crippen LogP contribution in [-0.2, 0) is 19.6 Å². The summed E-state index contributed by atoms with van der Waals surface area (Å²) in [6, 6.07) is 30.0. The normalized spacial score (nSPS) is 11.1. The van der Waals surface area contributed by atoms with E-state index < -0.39 is 0 Å². The molecule has 182 valence electrons. The second-order valence-electron chi connectivity index (χ2n) is 9.05. The number of benzene rings is 4. The Morgan fingerprint density at radius 3 is 2.19 bits per heavy atom. The van der Waals surface area contributed by atoms with Crippen LogP contribution in [0.25, 0.3) is 22.2 Å². The summed E-state index contributed by atoms with van der Waals surface area (Å²) in [5, 5.41) is 0.552. The van der Waals surface area contributed by atoms with Gasteiger partial charge < -0.3 is 14.0 Å². The van der Waals surface area contributed by atoms with Gasteiger partial charge in [0.2, 0.25) is 0 Å². The predicted octanol–water partition coefficient (Wildman–Crippen LogP) is 7.95. The Balaban J connectivity index is 1.60. The average molecular weight is 480 g/mol. The van der Waals surface area contributed by atoms with Crippen LogP contribution in [0.1, 0.15) is 29.2 Å². The highest BCUT2D eigenvalue weighted by molar-refractivity contribution is 5.90. The molecule has 4 heteroatoms. The minimum absolute atomic E-state index is 0.242. The number of hydrogen-bond donors (Lipinski definition) is 0. The van der Waals surface area contributed by atoms with Gasteiger partial charge in [0, 0.05) is 17.5 Å². The lowest BCUT2D eigenvalue weighted by Crippen LogP contribution is -2.03. The molecule has 0 aliphatic heterocycles. The van der Waals surface area contributed by atoms with Gasteiger partial charge in [-0.25, -0.2) is 4.39 Å². The zero-order valence-electron chi connectivity index (χ0n) is 20.9. The van der Waals surface area contributed by atoms with E-state index in [4.69, 9.17) is 9.47 Å². The maximum atomic E-state index is 16.2. The van der Waals surface area contributed by atoms with E-state index in [9.17, 15) is 0 Å². The number of methoxy groups -OCH3 is 1. The van der Waals surface area contributed by atoms with Crippen LogP contribution in [0.4, 0.5) is 4.39 Å². The maximum absolute atomic E-state index is 16.2. The Kier molecular flexibility index (Phi) is 6.77. The fourth-order valence-corrected chi connectivity index (χ4v) is 4.64. The molecule has 0 amide bonds.